The Kier molecular flexibility index (Phi) is 4.30. The number of halogens is 3. The second-order valence-corrected chi connectivity index (χ2v) is 3.22. The quantitative estimate of drug-likeness (QED) is 0.851. The summed E-state index contributed by atoms with van der Waals surface area (Å²) >= 11 is 0. The van der Waals surface area contributed by atoms with Crippen molar-refractivity contribution in [1.82, 2.24) is 0 Å². The van der Waals surface area contributed by atoms with E-state index in [0.29, 0.717) is 0 Å². The highest BCUT2D eigenvalue weighted by molar-refractivity contribution is 6.06. The minimum Gasteiger partial charge on any atom is -0.450 e. The Morgan fingerprint density at radius 2 is 1.89 bits per heavy atom. The predicted molar refractivity (Wildman–Crippen MR) is 57.5 cm³/mol. The maximum Gasteiger partial charge on any atom is 0.454 e. The van der Waals surface area contributed by atoms with Gasteiger partial charge in [-0.3, -0.25) is 10.1 Å². The van der Waals surface area contributed by atoms with Crippen molar-refractivity contribution in [2.45, 2.75) is 13.1 Å². The van der Waals surface area contributed by atoms with E-state index in [2.05, 4.69) is 10.1 Å². The fourth-order valence-electron chi connectivity index (χ4n) is 1.22. The van der Waals surface area contributed by atoms with Crippen LogP contribution in [0.15, 0.2) is 24.3 Å². The molecule has 0 aliphatic heterocycles. The lowest BCUT2D eigenvalue weighted by molar-refractivity contribution is -0.0884. The summed E-state index contributed by atoms with van der Waals surface area (Å²) in [6.45, 7) is 1.62. The molecular formula is C11H10F3NO3. The summed E-state index contributed by atoms with van der Waals surface area (Å²) in [5.41, 5.74) is -0.865. The van der Waals surface area contributed by atoms with E-state index in [0.717, 1.165) is 6.07 Å². The second-order valence-electron chi connectivity index (χ2n) is 3.22. The van der Waals surface area contributed by atoms with Gasteiger partial charge in [0.05, 0.1) is 17.9 Å². The van der Waals surface area contributed by atoms with E-state index in [9.17, 15) is 22.8 Å². The number of anilines is 1. The summed E-state index contributed by atoms with van der Waals surface area (Å²) in [6.07, 6.45) is -5.91. The van der Waals surface area contributed by atoms with Gasteiger partial charge in [0.1, 0.15) is 0 Å². The molecule has 1 aromatic rings. The second kappa shape index (κ2) is 5.52. The van der Waals surface area contributed by atoms with Crippen LogP contribution in [-0.2, 0) is 4.74 Å². The van der Waals surface area contributed by atoms with Crippen LogP contribution in [0.2, 0.25) is 0 Å². The first kappa shape index (κ1) is 14.0. The summed E-state index contributed by atoms with van der Waals surface area (Å²) in [7, 11) is 0. The van der Waals surface area contributed by atoms with Gasteiger partial charge in [-0.2, -0.15) is 13.2 Å². The van der Waals surface area contributed by atoms with Crippen molar-refractivity contribution in [2.24, 2.45) is 0 Å². The number of Topliss-reactive ketones (excluding diaryl/α,β-unsaturated/α-hetero) is 1. The fraction of sp³-hybridized carbons (Fsp3) is 0.273. The van der Waals surface area contributed by atoms with E-state index in [-0.39, 0.29) is 12.3 Å². The molecular weight excluding hydrogens is 251 g/mol. The van der Waals surface area contributed by atoms with Gasteiger partial charge in [-0.15, -0.1) is 0 Å². The number of para-hydroxylation sites is 1. The average Bonchev–Trinajstić information content (AvgIpc) is 2.28. The number of hydrogen-bond acceptors (Lipinski definition) is 3. The minimum atomic E-state index is -4.99. The Balaban J connectivity index is 3.00. The lowest BCUT2D eigenvalue weighted by Gasteiger charge is -2.11. The maximum atomic E-state index is 12.3. The number of rotatable bonds is 3. The van der Waals surface area contributed by atoms with Crippen LogP contribution in [0.25, 0.3) is 0 Å². The monoisotopic (exact) mass is 261 g/mol. The van der Waals surface area contributed by atoms with Gasteiger partial charge in [-0.1, -0.05) is 12.1 Å². The lowest BCUT2D eigenvalue weighted by Crippen LogP contribution is -2.25. The summed E-state index contributed by atoms with van der Waals surface area (Å²) in [5, 5.41) is 2.08. The smallest absolute Gasteiger partial charge is 0.450 e. The SMILES string of the molecule is CCOC(=O)Nc1ccccc1C(=O)C(F)(F)F. The molecule has 0 aromatic heterocycles. The largest absolute Gasteiger partial charge is 0.454 e. The molecule has 4 nitrogen and oxygen atoms in total. The van der Waals surface area contributed by atoms with Gasteiger partial charge in [0.25, 0.3) is 5.78 Å². The molecule has 0 heterocycles. The molecule has 1 rings (SSSR count). The number of alkyl halides is 3. The zero-order valence-corrected chi connectivity index (χ0v) is 9.38. The standard InChI is InChI=1S/C11H10F3NO3/c1-2-18-10(17)15-8-6-4-3-5-7(8)9(16)11(12,13)14/h3-6H,2H2,1H3,(H,15,17). The molecule has 0 spiro atoms. The van der Waals surface area contributed by atoms with Gasteiger partial charge >= 0.3 is 12.3 Å². The number of carbonyl (C=O) groups excluding carboxylic acids is 2. The maximum absolute atomic E-state index is 12.3. The molecule has 1 aromatic carbocycles. The zero-order chi connectivity index (χ0) is 13.8. The van der Waals surface area contributed by atoms with Crippen molar-refractivity contribution in [2.75, 3.05) is 11.9 Å². The molecule has 0 bridgehead atoms. The molecule has 0 unspecified atom stereocenters. The third-order valence-corrected chi connectivity index (χ3v) is 1.94. The van der Waals surface area contributed by atoms with Crippen molar-refractivity contribution < 1.29 is 27.5 Å². The Morgan fingerprint density at radius 1 is 1.28 bits per heavy atom. The van der Waals surface area contributed by atoms with Crippen molar-refractivity contribution in [1.29, 1.82) is 0 Å². The van der Waals surface area contributed by atoms with Crippen molar-refractivity contribution in [3.05, 3.63) is 29.8 Å². The molecule has 0 radical (unpaired) electrons. The summed E-state index contributed by atoms with van der Waals surface area (Å²) in [5.74, 6) is -2.02. The van der Waals surface area contributed by atoms with Gasteiger partial charge < -0.3 is 4.74 Å². The predicted octanol–water partition coefficient (Wildman–Crippen LogP) is 3.00. The van der Waals surface area contributed by atoms with E-state index in [4.69, 9.17) is 0 Å². The molecule has 1 amide bonds. The fourth-order valence-corrected chi connectivity index (χ4v) is 1.22. The van der Waals surface area contributed by atoms with Crippen molar-refractivity contribution >= 4 is 17.6 Å². The van der Waals surface area contributed by atoms with Crippen LogP contribution < -0.4 is 5.32 Å². The highest BCUT2D eigenvalue weighted by Gasteiger charge is 2.40. The number of ketones is 1. The Labute approximate surface area is 101 Å². The first-order valence-electron chi connectivity index (χ1n) is 5.00. The minimum absolute atomic E-state index is 0.0707. The number of amides is 1. The van der Waals surface area contributed by atoms with Gasteiger partial charge in [-0.25, -0.2) is 4.79 Å². The molecule has 0 atom stereocenters. The zero-order valence-electron chi connectivity index (χ0n) is 9.38. The van der Waals surface area contributed by atoms with Gasteiger partial charge in [0.2, 0.25) is 0 Å². The summed E-state index contributed by atoms with van der Waals surface area (Å²) < 4.78 is 41.4. The van der Waals surface area contributed by atoms with Crippen LogP contribution in [0.1, 0.15) is 17.3 Å². The molecule has 98 valence electrons. The Hall–Kier alpha value is -2.05. The van der Waals surface area contributed by atoms with E-state index in [1.807, 2.05) is 0 Å². The topological polar surface area (TPSA) is 55.4 Å². The van der Waals surface area contributed by atoms with Crippen LogP contribution in [0.5, 0.6) is 0 Å². The van der Waals surface area contributed by atoms with Crippen molar-refractivity contribution in [3.63, 3.8) is 0 Å². The Morgan fingerprint density at radius 3 is 2.44 bits per heavy atom. The number of nitrogens with one attached hydrogen (secondary N) is 1. The average molecular weight is 261 g/mol. The molecule has 0 saturated carbocycles. The molecule has 18 heavy (non-hydrogen) atoms. The first-order valence-corrected chi connectivity index (χ1v) is 5.00. The van der Waals surface area contributed by atoms with Gasteiger partial charge in [0, 0.05) is 0 Å². The summed E-state index contributed by atoms with van der Waals surface area (Å²) in [4.78, 5) is 22.2. The van der Waals surface area contributed by atoms with Crippen LogP contribution in [0, 0.1) is 0 Å². The number of hydrogen-bond donors (Lipinski definition) is 1. The number of benzene rings is 1. The van der Waals surface area contributed by atoms with E-state index in [1.165, 1.54) is 18.2 Å². The van der Waals surface area contributed by atoms with E-state index in [1.54, 1.807) is 6.92 Å². The number of carbonyl (C=O) groups is 2. The number of ether oxygens (including phenoxy) is 1. The van der Waals surface area contributed by atoms with Crippen LogP contribution in [-0.4, -0.2) is 24.7 Å². The molecule has 7 heteroatoms. The summed E-state index contributed by atoms with van der Waals surface area (Å²) in [6, 6.07) is 4.84. The van der Waals surface area contributed by atoms with Gasteiger partial charge in [-0.05, 0) is 19.1 Å². The van der Waals surface area contributed by atoms with E-state index >= 15 is 0 Å². The van der Waals surface area contributed by atoms with Gasteiger partial charge in [0.15, 0.2) is 0 Å². The van der Waals surface area contributed by atoms with Crippen LogP contribution >= 0.6 is 0 Å². The van der Waals surface area contributed by atoms with Crippen molar-refractivity contribution in [3.8, 4) is 0 Å². The highest BCUT2D eigenvalue weighted by atomic mass is 19.4. The van der Waals surface area contributed by atoms with E-state index < -0.39 is 23.6 Å². The van der Waals surface area contributed by atoms with Crippen LogP contribution in [0.3, 0.4) is 0 Å². The molecule has 0 aliphatic carbocycles. The Bertz CT molecular complexity index is 457. The molecule has 0 saturated heterocycles. The highest BCUT2D eigenvalue weighted by Crippen LogP contribution is 2.26. The third kappa shape index (κ3) is 3.47. The first-order chi connectivity index (χ1) is 8.36. The van der Waals surface area contributed by atoms with Crippen LogP contribution in [0.4, 0.5) is 23.7 Å². The molecule has 0 fully saturated rings. The molecule has 0 aliphatic rings. The molecule has 1 N–H and O–H groups in total. The lowest BCUT2D eigenvalue weighted by atomic mass is 10.1. The third-order valence-electron chi connectivity index (χ3n) is 1.94. The normalized spacial score (nSPS) is 10.9.